The molecular formula is C21H23F2N3O2S. The smallest absolute Gasteiger partial charge is 0.136 e. The van der Waals surface area contributed by atoms with E-state index in [1.54, 1.807) is 12.4 Å². The Labute approximate surface area is 172 Å². The summed E-state index contributed by atoms with van der Waals surface area (Å²) in [6, 6.07) is 7.28. The van der Waals surface area contributed by atoms with Gasteiger partial charge in [0.1, 0.15) is 29.1 Å². The highest BCUT2D eigenvalue weighted by Gasteiger charge is 2.21. The fourth-order valence-electron chi connectivity index (χ4n) is 2.86. The van der Waals surface area contributed by atoms with Crippen molar-refractivity contribution in [1.29, 1.82) is 0 Å². The molecule has 29 heavy (non-hydrogen) atoms. The number of aromatic nitrogens is 3. The molecule has 3 aromatic rings. The largest absolute Gasteiger partial charge is 0.394 e. The van der Waals surface area contributed by atoms with Crippen molar-refractivity contribution < 1.29 is 18.6 Å². The minimum absolute atomic E-state index is 0.0788. The van der Waals surface area contributed by atoms with Crippen LogP contribution in [0.3, 0.4) is 0 Å². The highest BCUT2D eigenvalue weighted by atomic mass is 32.2. The Morgan fingerprint density at radius 1 is 1.21 bits per heavy atom. The van der Waals surface area contributed by atoms with E-state index in [4.69, 9.17) is 14.8 Å². The molecule has 0 unspecified atom stereocenters. The normalized spacial score (nSPS) is 11.4. The van der Waals surface area contributed by atoms with Gasteiger partial charge >= 0.3 is 0 Å². The SMILES string of the molecule is CC(C)c1nc(COCCO)n(Cc2cccnc2)c1Sc1cc(F)cc(F)c1. The second kappa shape index (κ2) is 9.96. The van der Waals surface area contributed by atoms with Crippen LogP contribution in [0.15, 0.2) is 52.6 Å². The summed E-state index contributed by atoms with van der Waals surface area (Å²) in [5.74, 6) is -0.458. The molecule has 3 rings (SSSR count). The van der Waals surface area contributed by atoms with Crippen molar-refractivity contribution in [1.82, 2.24) is 14.5 Å². The summed E-state index contributed by atoms with van der Waals surface area (Å²) < 4.78 is 34.9. The molecule has 8 heteroatoms. The number of hydrogen-bond donors (Lipinski definition) is 1. The maximum absolute atomic E-state index is 13.7. The Balaban J connectivity index is 2.04. The van der Waals surface area contributed by atoms with Gasteiger partial charge in [-0.05, 0) is 29.7 Å². The van der Waals surface area contributed by atoms with Gasteiger partial charge in [-0.2, -0.15) is 0 Å². The van der Waals surface area contributed by atoms with E-state index in [1.165, 1.54) is 23.9 Å². The third-order valence-electron chi connectivity index (χ3n) is 4.15. The third-order valence-corrected chi connectivity index (χ3v) is 5.25. The fourth-order valence-corrected chi connectivity index (χ4v) is 4.09. The van der Waals surface area contributed by atoms with Crippen LogP contribution in [0.4, 0.5) is 8.78 Å². The zero-order valence-corrected chi connectivity index (χ0v) is 17.1. The van der Waals surface area contributed by atoms with E-state index in [1.807, 2.05) is 30.5 Å². The lowest BCUT2D eigenvalue weighted by Crippen LogP contribution is -2.09. The second-order valence-electron chi connectivity index (χ2n) is 6.80. The number of aliphatic hydroxyl groups is 1. The van der Waals surface area contributed by atoms with Crippen molar-refractivity contribution in [3.63, 3.8) is 0 Å². The van der Waals surface area contributed by atoms with Gasteiger partial charge in [0.2, 0.25) is 0 Å². The number of pyridine rings is 1. The lowest BCUT2D eigenvalue weighted by atomic mass is 10.1. The number of benzene rings is 1. The van der Waals surface area contributed by atoms with Crippen LogP contribution in [0, 0.1) is 11.6 Å². The fraction of sp³-hybridized carbons (Fsp3) is 0.333. The molecule has 0 atom stereocenters. The van der Waals surface area contributed by atoms with Crippen molar-refractivity contribution in [2.75, 3.05) is 13.2 Å². The molecule has 0 bridgehead atoms. The number of rotatable bonds is 9. The van der Waals surface area contributed by atoms with E-state index >= 15 is 0 Å². The molecule has 0 spiro atoms. The first kappa shape index (κ1) is 21.4. The van der Waals surface area contributed by atoms with Gasteiger partial charge in [0.25, 0.3) is 0 Å². The molecule has 1 aromatic carbocycles. The Kier molecular flexibility index (Phi) is 7.35. The summed E-state index contributed by atoms with van der Waals surface area (Å²) in [7, 11) is 0. The zero-order chi connectivity index (χ0) is 20.8. The quantitative estimate of drug-likeness (QED) is 0.522. The predicted octanol–water partition coefficient (Wildman–Crippen LogP) is 4.39. The second-order valence-corrected chi connectivity index (χ2v) is 7.87. The molecule has 1 N–H and O–H groups in total. The van der Waals surface area contributed by atoms with Crippen LogP contribution in [-0.2, 0) is 17.9 Å². The van der Waals surface area contributed by atoms with Crippen LogP contribution in [-0.4, -0.2) is 32.9 Å². The van der Waals surface area contributed by atoms with Gasteiger partial charge < -0.3 is 14.4 Å². The van der Waals surface area contributed by atoms with Crippen molar-refractivity contribution >= 4 is 11.8 Å². The molecule has 0 amide bonds. The standard InChI is InChI=1S/C21H23F2N3O2S/c1-14(2)20-21(29-18-9-16(22)8-17(23)10-18)26(12-15-4-3-5-24-11-15)19(25-20)13-28-7-6-27/h3-5,8-11,14,27H,6-7,12-13H2,1-2H3. The first-order valence-corrected chi connectivity index (χ1v) is 10.1. The molecule has 0 aliphatic heterocycles. The van der Waals surface area contributed by atoms with Gasteiger partial charge in [0.15, 0.2) is 0 Å². The third kappa shape index (κ3) is 5.62. The van der Waals surface area contributed by atoms with Crippen molar-refractivity contribution in [3.8, 4) is 0 Å². The van der Waals surface area contributed by atoms with Gasteiger partial charge in [0.05, 0.1) is 25.5 Å². The number of hydrogen-bond acceptors (Lipinski definition) is 5. The maximum Gasteiger partial charge on any atom is 0.136 e. The molecule has 5 nitrogen and oxygen atoms in total. The molecule has 0 radical (unpaired) electrons. The first-order valence-electron chi connectivity index (χ1n) is 9.28. The molecule has 0 aliphatic rings. The van der Waals surface area contributed by atoms with Gasteiger partial charge in [0, 0.05) is 23.4 Å². The molecule has 2 aromatic heterocycles. The molecule has 0 fully saturated rings. The Hall–Kier alpha value is -2.29. The average Bonchev–Trinajstić information content (AvgIpc) is 3.00. The minimum Gasteiger partial charge on any atom is -0.394 e. The summed E-state index contributed by atoms with van der Waals surface area (Å²) in [4.78, 5) is 9.36. The van der Waals surface area contributed by atoms with Crippen LogP contribution in [0.1, 0.15) is 36.8 Å². The van der Waals surface area contributed by atoms with E-state index in [2.05, 4.69) is 4.98 Å². The lowest BCUT2D eigenvalue weighted by molar-refractivity contribution is 0.0759. The topological polar surface area (TPSA) is 60.2 Å². The maximum atomic E-state index is 13.7. The number of aliphatic hydroxyl groups excluding tert-OH is 1. The van der Waals surface area contributed by atoms with E-state index in [0.717, 1.165) is 22.3 Å². The molecule has 0 saturated carbocycles. The summed E-state index contributed by atoms with van der Waals surface area (Å²) in [5.41, 5.74) is 1.79. The minimum atomic E-state index is -0.622. The number of ether oxygens (including phenoxy) is 1. The Morgan fingerprint density at radius 3 is 2.59 bits per heavy atom. The van der Waals surface area contributed by atoms with E-state index in [-0.39, 0.29) is 25.7 Å². The summed E-state index contributed by atoms with van der Waals surface area (Å²) in [6.45, 7) is 4.87. The summed E-state index contributed by atoms with van der Waals surface area (Å²) >= 11 is 1.27. The zero-order valence-electron chi connectivity index (χ0n) is 16.3. The van der Waals surface area contributed by atoms with Crippen molar-refractivity contribution in [2.45, 2.75) is 42.8 Å². The number of halogens is 2. The van der Waals surface area contributed by atoms with Gasteiger partial charge in [-0.1, -0.05) is 31.7 Å². The highest BCUT2D eigenvalue weighted by Crippen LogP contribution is 2.36. The molecular weight excluding hydrogens is 396 g/mol. The van der Waals surface area contributed by atoms with Crippen molar-refractivity contribution in [2.24, 2.45) is 0 Å². The van der Waals surface area contributed by atoms with Gasteiger partial charge in [-0.15, -0.1) is 0 Å². The van der Waals surface area contributed by atoms with Gasteiger partial charge in [-0.25, -0.2) is 13.8 Å². The Morgan fingerprint density at radius 2 is 1.97 bits per heavy atom. The van der Waals surface area contributed by atoms with Crippen LogP contribution in [0.5, 0.6) is 0 Å². The highest BCUT2D eigenvalue weighted by molar-refractivity contribution is 7.99. The summed E-state index contributed by atoms with van der Waals surface area (Å²) in [5, 5.41) is 9.81. The van der Waals surface area contributed by atoms with Gasteiger partial charge in [-0.3, -0.25) is 4.98 Å². The number of nitrogens with zero attached hydrogens (tertiary/aromatic N) is 3. The monoisotopic (exact) mass is 419 g/mol. The van der Waals surface area contributed by atoms with Crippen LogP contribution in [0.2, 0.25) is 0 Å². The van der Waals surface area contributed by atoms with Crippen LogP contribution in [0.25, 0.3) is 0 Å². The first-order chi connectivity index (χ1) is 14.0. The number of imidazole rings is 1. The van der Waals surface area contributed by atoms with E-state index in [0.29, 0.717) is 17.3 Å². The summed E-state index contributed by atoms with van der Waals surface area (Å²) in [6.07, 6.45) is 3.47. The molecule has 154 valence electrons. The van der Waals surface area contributed by atoms with Crippen LogP contribution >= 0.6 is 11.8 Å². The Bertz CT molecular complexity index is 928. The lowest BCUT2D eigenvalue weighted by Gasteiger charge is -2.14. The molecule has 0 aliphatic carbocycles. The van der Waals surface area contributed by atoms with E-state index in [9.17, 15) is 8.78 Å². The van der Waals surface area contributed by atoms with Crippen LogP contribution < -0.4 is 0 Å². The van der Waals surface area contributed by atoms with Crippen molar-refractivity contribution in [3.05, 3.63) is 71.4 Å². The van der Waals surface area contributed by atoms with E-state index < -0.39 is 11.6 Å². The predicted molar refractivity (Wildman–Crippen MR) is 107 cm³/mol. The average molecular weight is 419 g/mol. The molecule has 0 saturated heterocycles. The molecule has 2 heterocycles.